The molecule has 27 heavy (non-hydrogen) atoms. The third kappa shape index (κ3) is 5.99. The second-order valence-corrected chi connectivity index (χ2v) is 6.68. The van der Waals surface area contributed by atoms with E-state index in [1.54, 1.807) is 37.4 Å². The van der Waals surface area contributed by atoms with Crippen molar-refractivity contribution in [3.63, 3.8) is 0 Å². The summed E-state index contributed by atoms with van der Waals surface area (Å²) in [6.45, 7) is 1.84. The number of nitrogens with one attached hydrogen (secondary N) is 1. The van der Waals surface area contributed by atoms with Gasteiger partial charge < -0.3 is 19.5 Å². The van der Waals surface area contributed by atoms with Crippen LogP contribution in [0.5, 0.6) is 17.2 Å². The van der Waals surface area contributed by atoms with E-state index in [4.69, 9.17) is 14.2 Å². The normalized spacial score (nSPS) is 10.2. The van der Waals surface area contributed by atoms with Crippen molar-refractivity contribution in [3.05, 3.63) is 46.4 Å². The summed E-state index contributed by atoms with van der Waals surface area (Å²) in [5.41, 5.74) is 1.17. The van der Waals surface area contributed by atoms with Crippen LogP contribution in [0.2, 0.25) is 0 Å². The Hall–Kier alpha value is -2.54. The van der Waals surface area contributed by atoms with Gasteiger partial charge in [0, 0.05) is 16.5 Å². The Morgan fingerprint density at radius 2 is 1.70 bits per heavy atom. The summed E-state index contributed by atoms with van der Waals surface area (Å²) in [6, 6.07) is 10.4. The summed E-state index contributed by atoms with van der Waals surface area (Å²) < 4.78 is 17.0. The Morgan fingerprint density at radius 1 is 1.00 bits per heavy atom. The molecule has 0 aromatic heterocycles. The van der Waals surface area contributed by atoms with Crippen LogP contribution in [0, 0.1) is 0 Å². The summed E-state index contributed by atoms with van der Waals surface area (Å²) in [5, 5.41) is 2.83. The number of Topliss-reactive ketones (excluding diaryl/α,β-unsaturated/α-hetero) is 1. The number of methoxy groups -OCH3 is 2. The topological polar surface area (TPSA) is 73.9 Å². The molecule has 0 bridgehead atoms. The van der Waals surface area contributed by atoms with Crippen LogP contribution in [0.15, 0.2) is 40.9 Å². The molecule has 0 fully saturated rings. The summed E-state index contributed by atoms with van der Waals surface area (Å²) in [5.74, 6) is 1.45. The first kappa shape index (κ1) is 20.8. The molecule has 0 heterocycles. The van der Waals surface area contributed by atoms with Gasteiger partial charge >= 0.3 is 0 Å². The molecule has 0 saturated heterocycles. The van der Waals surface area contributed by atoms with E-state index in [1.807, 2.05) is 6.07 Å². The van der Waals surface area contributed by atoms with Crippen molar-refractivity contribution in [1.82, 2.24) is 0 Å². The molecule has 144 valence electrons. The molecule has 1 amide bonds. The zero-order chi connectivity index (χ0) is 19.8. The van der Waals surface area contributed by atoms with E-state index in [-0.39, 0.29) is 11.7 Å². The largest absolute Gasteiger partial charge is 0.495 e. The Morgan fingerprint density at radius 3 is 2.37 bits per heavy atom. The van der Waals surface area contributed by atoms with Crippen molar-refractivity contribution in [2.45, 2.75) is 19.8 Å². The molecule has 0 atom stereocenters. The Balaban J connectivity index is 1.86. The standard InChI is InChI=1S/C20H22BrNO5/c1-13(23)14-6-8-18(19(11-14)26-3)27-10-4-5-20(24)22-16-12-15(21)7-9-17(16)25-2/h6-9,11-12H,4-5,10H2,1-3H3,(H,22,24). The molecule has 0 radical (unpaired) electrons. The molecule has 2 aromatic rings. The lowest BCUT2D eigenvalue weighted by Crippen LogP contribution is -2.13. The first-order valence-corrected chi connectivity index (χ1v) is 9.19. The first-order valence-electron chi connectivity index (χ1n) is 8.39. The quantitative estimate of drug-likeness (QED) is 0.464. The van der Waals surface area contributed by atoms with Crippen LogP contribution in [-0.2, 0) is 4.79 Å². The predicted molar refractivity (Wildman–Crippen MR) is 107 cm³/mol. The van der Waals surface area contributed by atoms with Gasteiger partial charge in [0.15, 0.2) is 17.3 Å². The maximum Gasteiger partial charge on any atom is 0.224 e. The fraction of sp³-hybridized carbons (Fsp3) is 0.300. The zero-order valence-electron chi connectivity index (χ0n) is 15.5. The number of hydrogen-bond donors (Lipinski definition) is 1. The van der Waals surface area contributed by atoms with Crippen LogP contribution in [0.1, 0.15) is 30.1 Å². The average Bonchev–Trinajstić information content (AvgIpc) is 2.65. The Bertz CT molecular complexity index is 822. The smallest absolute Gasteiger partial charge is 0.224 e. The second-order valence-electron chi connectivity index (χ2n) is 5.77. The number of rotatable bonds is 9. The Kier molecular flexibility index (Phi) is 7.67. The van der Waals surface area contributed by atoms with E-state index in [9.17, 15) is 9.59 Å². The number of ketones is 1. The fourth-order valence-electron chi connectivity index (χ4n) is 2.41. The predicted octanol–water partition coefficient (Wildman–Crippen LogP) is 4.47. The van der Waals surface area contributed by atoms with Crippen LogP contribution in [-0.4, -0.2) is 32.5 Å². The van der Waals surface area contributed by atoms with Crippen molar-refractivity contribution in [2.75, 3.05) is 26.1 Å². The van der Waals surface area contributed by atoms with E-state index in [2.05, 4.69) is 21.2 Å². The highest BCUT2D eigenvalue weighted by molar-refractivity contribution is 9.10. The summed E-state index contributed by atoms with van der Waals surface area (Å²) >= 11 is 3.37. The lowest BCUT2D eigenvalue weighted by atomic mass is 10.1. The van der Waals surface area contributed by atoms with Crippen LogP contribution >= 0.6 is 15.9 Å². The third-order valence-electron chi connectivity index (χ3n) is 3.81. The van der Waals surface area contributed by atoms with Gasteiger partial charge in [0.05, 0.1) is 26.5 Å². The Labute approximate surface area is 166 Å². The van der Waals surface area contributed by atoms with Crippen molar-refractivity contribution in [1.29, 1.82) is 0 Å². The molecular formula is C20H22BrNO5. The van der Waals surface area contributed by atoms with Crippen LogP contribution in [0.3, 0.4) is 0 Å². The van der Waals surface area contributed by atoms with E-state index in [1.165, 1.54) is 14.0 Å². The molecule has 2 rings (SSSR count). The lowest BCUT2D eigenvalue weighted by molar-refractivity contribution is -0.116. The van der Waals surface area contributed by atoms with Gasteiger partial charge in [-0.1, -0.05) is 15.9 Å². The van der Waals surface area contributed by atoms with Crippen LogP contribution < -0.4 is 19.5 Å². The molecule has 0 unspecified atom stereocenters. The minimum absolute atomic E-state index is 0.0421. The van der Waals surface area contributed by atoms with Crippen molar-refractivity contribution < 1.29 is 23.8 Å². The monoisotopic (exact) mass is 435 g/mol. The molecule has 0 spiro atoms. The molecule has 2 aromatic carbocycles. The highest BCUT2D eigenvalue weighted by atomic mass is 79.9. The minimum Gasteiger partial charge on any atom is -0.495 e. The van der Waals surface area contributed by atoms with Gasteiger partial charge in [0.1, 0.15) is 5.75 Å². The van der Waals surface area contributed by atoms with Crippen LogP contribution in [0.25, 0.3) is 0 Å². The van der Waals surface area contributed by atoms with Crippen LogP contribution in [0.4, 0.5) is 5.69 Å². The number of benzene rings is 2. The number of carbonyl (C=O) groups is 2. The molecule has 0 aliphatic rings. The lowest BCUT2D eigenvalue weighted by Gasteiger charge is -2.12. The van der Waals surface area contributed by atoms with Gasteiger partial charge in [-0.25, -0.2) is 0 Å². The fourth-order valence-corrected chi connectivity index (χ4v) is 2.77. The average molecular weight is 436 g/mol. The molecule has 0 aliphatic heterocycles. The van der Waals surface area contributed by atoms with E-state index in [0.717, 1.165) is 4.47 Å². The number of amides is 1. The minimum atomic E-state index is -0.131. The van der Waals surface area contributed by atoms with Gasteiger partial charge in [-0.15, -0.1) is 0 Å². The molecular weight excluding hydrogens is 414 g/mol. The zero-order valence-corrected chi connectivity index (χ0v) is 17.1. The van der Waals surface area contributed by atoms with Crippen molar-refractivity contribution in [2.24, 2.45) is 0 Å². The van der Waals surface area contributed by atoms with E-state index < -0.39 is 0 Å². The molecule has 6 nitrogen and oxygen atoms in total. The summed E-state index contributed by atoms with van der Waals surface area (Å²) in [4.78, 5) is 23.6. The number of hydrogen-bond acceptors (Lipinski definition) is 5. The molecule has 1 N–H and O–H groups in total. The number of halogens is 1. The molecule has 7 heteroatoms. The number of carbonyl (C=O) groups excluding carboxylic acids is 2. The van der Waals surface area contributed by atoms with Gasteiger partial charge in [-0.2, -0.15) is 0 Å². The van der Waals surface area contributed by atoms with Crippen molar-refractivity contribution in [3.8, 4) is 17.2 Å². The maximum atomic E-state index is 12.1. The SMILES string of the molecule is COc1ccc(Br)cc1NC(=O)CCCOc1ccc(C(C)=O)cc1OC. The maximum absolute atomic E-state index is 12.1. The summed E-state index contributed by atoms with van der Waals surface area (Å²) in [6.07, 6.45) is 0.823. The van der Waals surface area contributed by atoms with Gasteiger partial charge in [-0.3, -0.25) is 9.59 Å². The van der Waals surface area contributed by atoms with E-state index in [0.29, 0.717) is 47.9 Å². The van der Waals surface area contributed by atoms with Gasteiger partial charge in [-0.05, 0) is 49.7 Å². The third-order valence-corrected chi connectivity index (χ3v) is 4.30. The highest BCUT2D eigenvalue weighted by Crippen LogP contribution is 2.29. The molecule has 0 saturated carbocycles. The second kappa shape index (κ2) is 9.97. The van der Waals surface area contributed by atoms with E-state index >= 15 is 0 Å². The van der Waals surface area contributed by atoms with Gasteiger partial charge in [0.25, 0.3) is 0 Å². The first-order chi connectivity index (χ1) is 12.9. The van der Waals surface area contributed by atoms with Gasteiger partial charge in [0.2, 0.25) is 5.91 Å². The van der Waals surface area contributed by atoms with Crippen molar-refractivity contribution >= 4 is 33.3 Å². The summed E-state index contributed by atoms with van der Waals surface area (Å²) in [7, 11) is 3.07. The number of ether oxygens (including phenoxy) is 3. The highest BCUT2D eigenvalue weighted by Gasteiger charge is 2.10. The number of anilines is 1. The molecule has 0 aliphatic carbocycles.